The first-order chi connectivity index (χ1) is 17.0. The van der Waals surface area contributed by atoms with Gasteiger partial charge in [-0.15, -0.1) is 11.3 Å². The van der Waals surface area contributed by atoms with Gasteiger partial charge in [-0.2, -0.15) is 0 Å². The number of aromatic nitrogens is 3. The van der Waals surface area contributed by atoms with Crippen molar-refractivity contribution in [3.05, 3.63) is 70.5 Å². The normalized spacial score (nSPS) is 12.9. The predicted octanol–water partition coefficient (Wildman–Crippen LogP) is 7.72. The van der Waals surface area contributed by atoms with Gasteiger partial charge in [0.25, 0.3) is 0 Å². The first-order valence-corrected chi connectivity index (χ1v) is 12.8. The zero-order valence-electron chi connectivity index (χ0n) is 20.6. The Balaban J connectivity index is 1.78. The monoisotopic (exact) mass is 519 g/mol. The molecule has 5 aromatic rings. The Kier molecular flexibility index (Phi) is 6.11. The standard InChI is InChI=1S/C28H26ClN3O3S/c1-14-12-21-25(36-26(32-21)17-8-11-19-20(13-17)31-15(2)30-19)23(16-6-9-18(29)10-7-16)22(14)24(27(33)34)35-28(3,4)5/h6-13,24H,1-5H3,(H,30,31)(H,33,34). The fourth-order valence-corrected chi connectivity index (χ4v) is 5.68. The van der Waals surface area contributed by atoms with Gasteiger partial charge in [0.05, 0.1) is 26.9 Å². The summed E-state index contributed by atoms with van der Waals surface area (Å²) in [6.07, 6.45) is -1.14. The van der Waals surface area contributed by atoms with Crippen molar-refractivity contribution in [2.45, 2.75) is 46.3 Å². The van der Waals surface area contributed by atoms with Crippen LogP contribution in [0.1, 0.15) is 43.8 Å². The van der Waals surface area contributed by atoms with Crippen LogP contribution in [0.3, 0.4) is 0 Å². The van der Waals surface area contributed by atoms with Gasteiger partial charge in [0.1, 0.15) is 10.8 Å². The molecule has 3 aromatic carbocycles. The predicted molar refractivity (Wildman–Crippen MR) is 146 cm³/mol. The molecule has 1 unspecified atom stereocenters. The molecule has 0 aliphatic carbocycles. The highest BCUT2D eigenvalue weighted by molar-refractivity contribution is 7.22. The summed E-state index contributed by atoms with van der Waals surface area (Å²) in [6.45, 7) is 9.41. The van der Waals surface area contributed by atoms with Crippen LogP contribution in [0.25, 0.3) is 42.9 Å². The fourth-order valence-electron chi connectivity index (χ4n) is 4.43. The molecule has 36 heavy (non-hydrogen) atoms. The van der Waals surface area contributed by atoms with Crippen molar-refractivity contribution >= 4 is 50.2 Å². The summed E-state index contributed by atoms with van der Waals surface area (Å²) in [7, 11) is 0. The molecule has 0 saturated heterocycles. The van der Waals surface area contributed by atoms with Gasteiger partial charge in [0.15, 0.2) is 6.10 Å². The molecule has 0 amide bonds. The number of fused-ring (bicyclic) bond motifs is 2. The van der Waals surface area contributed by atoms with E-state index in [1.165, 1.54) is 11.3 Å². The molecule has 6 nitrogen and oxygen atoms in total. The number of carboxylic acid groups (broad SMARTS) is 1. The number of aliphatic carboxylic acids is 1. The molecular weight excluding hydrogens is 494 g/mol. The van der Waals surface area contributed by atoms with Crippen LogP contribution in [0.15, 0.2) is 48.5 Å². The zero-order chi connectivity index (χ0) is 25.8. The third-order valence-corrected chi connectivity index (χ3v) is 7.26. The van der Waals surface area contributed by atoms with Crippen molar-refractivity contribution in [1.29, 1.82) is 0 Å². The second kappa shape index (κ2) is 9.00. The lowest BCUT2D eigenvalue weighted by Gasteiger charge is -2.28. The number of H-pyrrole nitrogens is 1. The second-order valence-electron chi connectivity index (χ2n) is 9.86. The van der Waals surface area contributed by atoms with E-state index < -0.39 is 17.7 Å². The minimum atomic E-state index is -1.14. The van der Waals surface area contributed by atoms with Crippen molar-refractivity contribution in [3.8, 4) is 21.7 Å². The number of imidazole rings is 1. The Labute approximate surface area is 217 Å². The van der Waals surface area contributed by atoms with Crippen molar-refractivity contribution in [3.63, 3.8) is 0 Å². The minimum Gasteiger partial charge on any atom is -0.479 e. The fraction of sp³-hybridized carbons (Fsp3) is 0.250. The number of hydrogen-bond donors (Lipinski definition) is 2. The smallest absolute Gasteiger partial charge is 0.337 e. The molecule has 0 radical (unpaired) electrons. The summed E-state index contributed by atoms with van der Waals surface area (Å²) in [5.74, 6) is -0.178. The molecule has 2 aromatic heterocycles. The van der Waals surface area contributed by atoms with Gasteiger partial charge in [0, 0.05) is 21.7 Å². The number of carboxylic acids is 1. The molecule has 0 aliphatic rings. The van der Waals surface area contributed by atoms with E-state index >= 15 is 0 Å². The Hall–Kier alpha value is -3.26. The highest BCUT2D eigenvalue weighted by Gasteiger charge is 2.32. The number of benzene rings is 3. The van der Waals surface area contributed by atoms with Crippen molar-refractivity contribution in [2.24, 2.45) is 0 Å². The van der Waals surface area contributed by atoms with E-state index in [2.05, 4.69) is 9.97 Å². The van der Waals surface area contributed by atoms with Gasteiger partial charge in [-0.3, -0.25) is 0 Å². The van der Waals surface area contributed by atoms with E-state index in [0.717, 1.165) is 54.3 Å². The van der Waals surface area contributed by atoms with Gasteiger partial charge < -0.3 is 14.8 Å². The van der Waals surface area contributed by atoms with E-state index in [1.807, 2.05) is 83.1 Å². The summed E-state index contributed by atoms with van der Waals surface area (Å²) in [5.41, 5.74) is 6.07. The Morgan fingerprint density at radius 3 is 2.39 bits per heavy atom. The molecule has 5 rings (SSSR count). The number of halogens is 1. The molecule has 0 bridgehead atoms. The van der Waals surface area contributed by atoms with Crippen LogP contribution in [-0.2, 0) is 9.53 Å². The lowest BCUT2D eigenvalue weighted by atomic mass is 9.91. The number of aromatic amines is 1. The average molecular weight is 520 g/mol. The number of carbonyl (C=O) groups is 1. The molecular formula is C28H26ClN3O3S. The van der Waals surface area contributed by atoms with Crippen LogP contribution in [0.2, 0.25) is 5.02 Å². The largest absolute Gasteiger partial charge is 0.479 e. The SMILES string of the molecule is Cc1nc2ccc(-c3nc4cc(C)c(C(OC(C)(C)C)C(=O)O)c(-c5ccc(Cl)cc5)c4s3)cc2[nH]1. The van der Waals surface area contributed by atoms with Crippen molar-refractivity contribution in [2.75, 3.05) is 0 Å². The topological polar surface area (TPSA) is 88.1 Å². The lowest BCUT2D eigenvalue weighted by Crippen LogP contribution is -2.28. The summed E-state index contributed by atoms with van der Waals surface area (Å²) >= 11 is 7.72. The van der Waals surface area contributed by atoms with Gasteiger partial charge in [0.2, 0.25) is 0 Å². The van der Waals surface area contributed by atoms with E-state index in [1.54, 1.807) is 0 Å². The van der Waals surface area contributed by atoms with Crippen LogP contribution >= 0.6 is 22.9 Å². The van der Waals surface area contributed by atoms with Gasteiger partial charge in [-0.25, -0.2) is 14.8 Å². The van der Waals surface area contributed by atoms with Gasteiger partial charge in [-0.05, 0) is 82.1 Å². The first-order valence-electron chi connectivity index (χ1n) is 11.6. The zero-order valence-corrected chi connectivity index (χ0v) is 22.2. The Morgan fingerprint density at radius 2 is 1.72 bits per heavy atom. The van der Waals surface area contributed by atoms with Crippen LogP contribution in [0.4, 0.5) is 0 Å². The van der Waals surface area contributed by atoms with Crippen molar-refractivity contribution in [1.82, 2.24) is 15.0 Å². The Bertz CT molecular complexity index is 1610. The number of ether oxygens (including phenoxy) is 1. The van der Waals surface area contributed by atoms with E-state index in [9.17, 15) is 9.90 Å². The van der Waals surface area contributed by atoms with E-state index in [-0.39, 0.29) is 0 Å². The average Bonchev–Trinajstić information content (AvgIpc) is 3.38. The number of aryl methyl sites for hydroxylation is 2. The van der Waals surface area contributed by atoms with Crippen molar-refractivity contribution < 1.29 is 14.6 Å². The molecule has 2 N–H and O–H groups in total. The summed E-state index contributed by atoms with van der Waals surface area (Å²) < 4.78 is 6.99. The van der Waals surface area contributed by atoms with Gasteiger partial charge >= 0.3 is 5.97 Å². The molecule has 8 heteroatoms. The third-order valence-electron chi connectivity index (χ3n) is 5.87. The van der Waals surface area contributed by atoms with E-state index in [4.69, 9.17) is 21.3 Å². The minimum absolute atomic E-state index is 0.609. The number of nitrogens with one attached hydrogen (secondary N) is 1. The first kappa shape index (κ1) is 24.4. The van der Waals surface area contributed by atoms with Gasteiger partial charge in [-0.1, -0.05) is 23.7 Å². The molecule has 2 heterocycles. The molecule has 0 spiro atoms. The molecule has 0 fully saturated rings. The van der Waals surface area contributed by atoms with E-state index in [0.29, 0.717) is 10.6 Å². The lowest BCUT2D eigenvalue weighted by molar-refractivity contribution is -0.160. The number of rotatable bonds is 5. The Morgan fingerprint density at radius 1 is 1.03 bits per heavy atom. The maximum absolute atomic E-state index is 12.5. The molecule has 1 atom stereocenters. The maximum atomic E-state index is 12.5. The highest BCUT2D eigenvalue weighted by Crippen LogP contribution is 2.44. The second-order valence-corrected chi connectivity index (χ2v) is 11.3. The summed E-state index contributed by atoms with van der Waals surface area (Å²) in [5, 5.41) is 11.7. The highest BCUT2D eigenvalue weighted by atomic mass is 35.5. The van der Waals surface area contributed by atoms with Crippen LogP contribution < -0.4 is 0 Å². The van der Waals surface area contributed by atoms with Crippen LogP contribution in [0.5, 0.6) is 0 Å². The summed E-state index contributed by atoms with van der Waals surface area (Å²) in [4.78, 5) is 25.2. The van der Waals surface area contributed by atoms with Crippen LogP contribution in [-0.4, -0.2) is 31.6 Å². The number of hydrogen-bond acceptors (Lipinski definition) is 5. The van der Waals surface area contributed by atoms with Crippen LogP contribution in [0, 0.1) is 13.8 Å². The molecule has 0 saturated carbocycles. The molecule has 184 valence electrons. The summed E-state index contributed by atoms with van der Waals surface area (Å²) in [6, 6.07) is 15.4. The quantitative estimate of drug-likeness (QED) is 0.248. The number of nitrogens with zero attached hydrogens (tertiary/aromatic N) is 2. The number of thiazole rings is 1. The third kappa shape index (κ3) is 4.62. The molecule has 0 aliphatic heterocycles. The maximum Gasteiger partial charge on any atom is 0.337 e.